The predicted octanol–water partition coefficient (Wildman–Crippen LogP) is 2.71. The van der Waals surface area contributed by atoms with E-state index in [0.717, 1.165) is 11.4 Å². The van der Waals surface area contributed by atoms with E-state index in [4.69, 9.17) is 11.0 Å². The Hall–Kier alpha value is -4.58. The molecule has 4 aromatic rings. The third-order valence-corrected chi connectivity index (χ3v) is 5.10. The normalized spacial score (nSPS) is 10.7. The lowest BCUT2D eigenvalue weighted by atomic mass is 10.1. The number of primary amides is 1. The van der Waals surface area contributed by atoms with Crippen molar-refractivity contribution >= 4 is 28.4 Å². The van der Waals surface area contributed by atoms with Crippen molar-refractivity contribution in [1.82, 2.24) is 19.7 Å². The Balaban J connectivity index is 1.66. The van der Waals surface area contributed by atoms with E-state index in [1.165, 1.54) is 12.3 Å². The maximum atomic E-state index is 13.2. The Morgan fingerprint density at radius 3 is 2.66 bits per heavy atom. The molecule has 0 saturated carbocycles. The summed E-state index contributed by atoms with van der Waals surface area (Å²) in [5.74, 6) is -1.10. The summed E-state index contributed by atoms with van der Waals surface area (Å²) in [5.41, 5.74) is 9.39. The number of rotatable bonds is 5. The van der Waals surface area contributed by atoms with E-state index in [9.17, 15) is 9.59 Å². The average Bonchev–Trinajstić information content (AvgIpc) is 3.06. The molecule has 32 heavy (non-hydrogen) atoms. The van der Waals surface area contributed by atoms with Gasteiger partial charge in [0.15, 0.2) is 0 Å². The Kier molecular flexibility index (Phi) is 5.35. The summed E-state index contributed by atoms with van der Waals surface area (Å²) in [7, 11) is 0. The van der Waals surface area contributed by atoms with Gasteiger partial charge in [0.05, 0.1) is 46.0 Å². The Morgan fingerprint density at radius 2 is 1.97 bits per heavy atom. The summed E-state index contributed by atoms with van der Waals surface area (Å²) in [4.78, 5) is 33.4. The number of pyridine rings is 2. The van der Waals surface area contributed by atoms with Gasteiger partial charge in [-0.1, -0.05) is 18.2 Å². The number of nitrogens with one attached hydrogen (secondary N) is 1. The molecular formula is C23H19N7O2. The first-order valence-corrected chi connectivity index (χ1v) is 9.77. The van der Waals surface area contributed by atoms with Crippen LogP contribution in [0.15, 0.2) is 48.7 Å². The molecule has 1 aromatic carbocycles. The van der Waals surface area contributed by atoms with Crippen LogP contribution < -0.4 is 11.1 Å². The monoisotopic (exact) mass is 425 g/mol. The zero-order chi connectivity index (χ0) is 22.8. The van der Waals surface area contributed by atoms with E-state index in [-0.39, 0.29) is 5.69 Å². The van der Waals surface area contributed by atoms with Crippen LogP contribution in [-0.4, -0.2) is 31.6 Å². The molecule has 158 valence electrons. The van der Waals surface area contributed by atoms with Crippen molar-refractivity contribution in [3.63, 3.8) is 0 Å². The summed E-state index contributed by atoms with van der Waals surface area (Å²) in [5, 5.41) is 17.0. The standard InChI is InChI=1S/C23H19N7O2/c1-13-21(14(2)30(29-13)12-16-8-7-15(10-24)11-26-16)28-23(32)18-9-20(22(25)31)27-19-6-4-3-5-17(18)19/h3-9,11H,12H2,1-2H3,(H2,25,31)(H,28,32). The second kappa shape index (κ2) is 8.28. The van der Waals surface area contributed by atoms with Gasteiger partial charge in [-0.2, -0.15) is 10.4 Å². The second-order valence-electron chi connectivity index (χ2n) is 7.24. The topological polar surface area (TPSA) is 140 Å². The number of amides is 2. The minimum absolute atomic E-state index is 0.0184. The maximum Gasteiger partial charge on any atom is 0.267 e. The molecule has 0 spiro atoms. The van der Waals surface area contributed by atoms with Gasteiger partial charge in [-0.3, -0.25) is 19.3 Å². The van der Waals surface area contributed by atoms with E-state index in [1.54, 1.807) is 48.0 Å². The summed E-state index contributed by atoms with van der Waals surface area (Å²) >= 11 is 0. The molecule has 9 nitrogen and oxygen atoms in total. The molecule has 0 aliphatic heterocycles. The summed E-state index contributed by atoms with van der Waals surface area (Å²) in [6.07, 6.45) is 1.51. The minimum Gasteiger partial charge on any atom is -0.364 e. The molecule has 2 amide bonds. The van der Waals surface area contributed by atoms with E-state index < -0.39 is 11.8 Å². The number of aryl methyl sites for hydroxylation is 1. The van der Waals surface area contributed by atoms with Gasteiger partial charge >= 0.3 is 0 Å². The molecule has 0 fully saturated rings. The molecule has 0 unspecified atom stereocenters. The number of nitrogens with zero attached hydrogens (tertiary/aromatic N) is 5. The van der Waals surface area contributed by atoms with Crippen LogP contribution in [0.5, 0.6) is 0 Å². The first kappa shape index (κ1) is 20.7. The fourth-order valence-electron chi connectivity index (χ4n) is 3.44. The Morgan fingerprint density at radius 1 is 1.19 bits per heavy atom. The molecule has 0 atom stereocenters. The van der Waals surface area contributed by atoms with E-state index >= 15 is 0 Å². The van der Waals surface area contributed by atoms with Crippen LogP contribution in [-0.2, 0) is 6.54 Å². The minimum atomic E-state index is -0.708. The van der Waals surface area contributed by atoms with Gasteiger partial charge in [-0.05, 0) is 38.1 Å². The summed E-state index contributed by atoms with van der Waals surface area (Å²) in [6.45, 7) is 4.03. The fourth-order valence-corrected chi connectivity index (χ4v) is 3.44. The zero-order valence-electron chi connectivity index (χ0n) is 17.5. The van der Waals surface area contributed by atoms with Crippen LogP contribution in [0.4, 0.5) is 5.69 Å². The predicted molar refractivity (Wildman–Crippen MR) is 118 cm³/mol. The zero-order valence-corrected chi connectivity index (χ0v) is 17.5. The van der Waals surface area contributed by atoms with Crippen LogP contribution in [0.25, 0.3) is 10.9 Å². The summed E-state index contributed by atoms with van der Waals surface area (Å²) < 4.78 is 1.73. The highest BCUT2D eigenvalue weighted by Gasteiger charge is 2.19. The van der Waals surface area contributed by atoms with Gasteiger partial charge in [0.1, 0.15) is 11.8 Å². The van der Waals surface area contributed by atoms with Gasteiger partial charge < -0.3 is 11.1 Å². The number of aromatic nitrogens is 4. The number of para-hydroxylation sites is 1. The van der Waals surface area contributed by atoms with Gasteiger partial charge in [0, 0.05) is 11.6 Å². The van der Waals surface area contributed by atoms with Crippen molar-refractivity contribution in [2.45, 2.75) is 20.4 Å². The number of benzene rings is 1. The smallest absolute Gasteiger partial charge is 0.267 e. The van der Waals surface area contributed by atoms with Crippen LogP contribution in [0.2, 0.25) is 0 Å². The number of anilines is 1. The van der Waals surface area contributed by atoms with E-state index in [1.807, 2.05) is 13.0 Å². The van der Waals surface area contributed by atoms with Crippen molar-refractivity contribution in [2.24, 2.45) is 5.73 Å². The lowest BCUT2D eigenvalue weighted by molar-refractivity contribution is 0.0996. The molecule has 0 aliphatic carbocycles. The number of nitrogens with two attached hydrogens (primary N) is 1. The van der Waals surface area contributed by atoms with Crippen molar-refractivity contribution in [3.05, 3.63) is 82.6 Å². The lowest BCUT2D eigenvalue weighted by Crippen LogP contribution is -2.18. The number of fused-ring (bicyclic) bond motifs is 1. The van der Waals surface area contributed by atoms with Gasteiger partial charge in [0.2, 0.25) is 0 Å². The van der Waals surface area contributed by atoms with Crippen LogP contribution in [0.1, 0.15) is 43.5 Å². The van der Waals surface area contributed by atoms with Crippen LogP contribution in [0.3, 0.4) is 0 Å². The molecular weight excluding hydrogens is 406 g/mol. The highest BCUT2D eigenvalue weighted by Crippen LogP contribution is 2.24. The molecule has 3 heterocycles. The van der Waals surface area contributed by atoms with Gasteiger partial charge in [0.25, 0.3) is 11.8 Å². The van der Waals surface area contributed by atoms with Crippen LogP contribution in [0, 0.1) is 25.2 Å². The molecule has 0 aliphatic rings. The molecule has 0 saturated heterocycles. The molecule has 0 radical (unpaired) electrons. The van der Waals surface area contributed by atoms with Crippen molar-refractivity contribution < 1.29 is 9.59 Å². The van der Waals surface area contributed by atoms with Crippen molar-refractivity contribution in [2.75, 3.05) is 5.32 Å². The van der Waals surface area contributed by atoms with E-state index in [0.29, 0.717) is 40.0 Å². The number of nitriles is 1. The fraction of sp³-hybridized carbons (Fsp3) is 0.130. The molecule has 3 N–H and O–H groups in total. The quantitative estimate of drug-likeness (QED) is 0.504. The van der Waals surface area contributed by atoms with Crippen molar-refractivity contribution in [3.8, 4) is 6.07 Å². The molecule has 4 rings (SSSR count). The third kappa shape index (κ3) is 3.89. The lowest BCUT2D eigenvalue weighted by Gasteiger charge is -2.10. The number of hydrogen-bond acceptors (Lipinski definition) is 6. The molecule has 3 aromatic heterocycles. The molecule has 9 heteroatoms. The highest BCUT2D eigenvalue weighted by molar-refractivity contribution is 6.14. The van der Waals surface area contributed by atoms with Crippen molar-refractivity contribution in [1.29, 1.82) is 5.26 Å². The van der Waals surface area contributed by atoms with Gasteiger partial charge in [-0.25, -0.2) is 4.98 Å². The first-order chi connectivity index (χ1) is 15.4. The Labute approximate surface area is 183 Å². The first-order valence-electron chi connectivity index (χ1n) is 9.77. The SMILES string of the molecule is Cc1nn(Cc2ccc(C#N)cn2)c(C)c1NC(=O)c1cc(C(N)=O)nc2ccccc12. The maximum absolute atomic E-state index is 13.2. The van der Waals surface area contributed by atoms with Gasteiger partial charge in [-0.15, -0.1) is 0 Å². The number of carbonyl (C=O) groups is 2. The second-order valence-corrected chi connectivity index (χ2v) is 7.24. The average molecular weight is 425 g/mol. The molecule has 0 bridgehead atoms. The largest absolute Gasteiger partial charge is 0.364 e. The van der Waals surface area contributed by atoms with Crippen LogP contribution >= 0.6 is 0 Å². The number of hydrogen-bond donors (Lipinski definition) is 2. The highest BCUT2D eigenvalue weighted by atomic mass is 16.2. The summed E-state index contributed by atoms with van der Waals surface area (Å²) in [6, 6.07) is 14.0. The third-order valence-electron chi connectivity index (χ3n) is 5.10. The van der Waals surface area contributed by atoms with E-state index in [2.05, 4.69) is 20.4 Å². The number of carbonyl (C=O) groups excluding carboxylic acids is 2. The Bertz CT molecular complexity index is 1400.